The number of aliphatic carboxylic acids is 1. The van der Waals surface area contributed by atoms with E-state index in [1.165, 1.54) is 0 Å². The van der Waals surface area contributed by atoms with Crippen LogP contribution in [-0.4, -0.2) is 38.5 Å². The van der Waals surface area contributed by atoms with Crippen LogP contribution in [0.1, 0.15) is 30.8 Å². The van der Waals surface area contributed by atoms with Crippen molar-refractivity contribution in [2.24, 2.45) is 0 Å². The van der Waals surface area contributed by atoms with Crippen molar-refractivity contribution in [1.82, 2.24) is 14.9 Å². The van der Waals surface area contributed by atoms with Crippen LogP contribution < -0.4 is 0 Å². The SMILES string of the molecule is Cc1nccc(CN2CCCC2CC(=O)O)n1. The first kappa shape index (κ1) is 12.0. The van der Waals surface area contributed by atoms with Crippen LogP contribution in [0.4, 0.5) is 0 Å². The quantitative estimate of drug-likeness (QED) is 0.850. The predicted octanol–water partition coefficient (Wildman–Crippen LogP) is 1.22. The fourth-order valence-corrected chi connectivity index (χ4v) is 2.34. The minimum Gasteiger partial charge on any atom is -0.481 e. The Balaban J connectivity index is 2.00. The summed E-state index contributed by atoms with van der Waals surface area (Å²) in [5.41, 5.74) is 0.967. The monoisotopic (exact) mass is 235 g/mol. The number of nitrogens with zero attached hydrogens (tertiary/aromatic N) is 3. The van der Waals surface area contributed by atoms with Gasteiger partial charge in [-0.15, -0.1) is 0 Å². The van der Waals surface area contributed by atoms with E-state index in [9.17, 15) is 4.79 Å². The van der Waals surface area contributed by atoms with E-state index >= 15 is 0 Å². The largest absolute Gasteiger partial charge is 0.481 e. The lowest BCUT2D eigenvalue weighted by Crippen LogP contribution is -2.31. The summed E-state index contributed by atoms with van der Waals surface area (Å²) in [7, 11) is 0. The lowest BCUT2D eigenvalue weighted by Gasteiger charge is -2.22. The summed E-state index contributed by atoms with van der Waals surface area (Å²) >= 11 is 0. The van der Waals surface area contributed by atoms with Crippen LogP contribution in [0.25, 0.3) is 0 Å². The second kappa shape index (κ2) is 5.23. The van der Waals surface area contributed by atoms with Crippen LogP contribution >= 0.6 is 0 Å². The zero-order valence-corrected chi connectivity index (χ0v) is 9.96. The van der Waals surface area contributed by atoms with Gasteiger partial charge in [0.1, 0.15) is 5.82 Å². The van der Waals surface area contributed by atoms with Gasteiger partial charge in [0.15, 0.2) is 0 Å². The highest BCUT2D eigenvalue weighted by atomic mass is 16.4. The maximum absolute atomic E-state index is 10.8. The Kier molecular flexibility index (Phi) is 3.68. The van der Waals surface area contributed by atoms with E-state index in [1.807, 2.05) is 13.0 Å². The number of carbonyl (C=O) groups is 1. The molecular formula is C12H17N3O2. The molecule has 0 spiro atoms. The zero-order valence-electron chi connectivity index (χ0n) is 9.96. The number of carboxylic acids is 1. The van der Waals surface area contributed by atoms with Crippen LogP contribution in [0.5, 0.6) is 0 Å². The molecule has 92 valence electrons. The number of aryl methyl sites for hydroxylation is 1. The number of hydrogen-bond acceptors (Lipinski definition) is 4. The van der Waals surface area contributed by atoms with Crippen molar-refractivity contribution in [2.45, 2.75) is 38.8 Å². The maximum Gasteiger partial charge on any atom is 0.304 e. The van der Waals surface area contributed by atoms with Crippen molar-refractivity contribution in [1.29, 1.82) is 0 Å². The summed E-state index contributed by atoms with van der Waals surface area (Å²) in [5.74, 6) is 0.0391. The molecule has 0 aliphatic carbocycles. The number of likely N-dealkylation sites (tertiary alicyclic amines) is 1. The first-order chi connectivity index (χ1) is 8.15. The van der Waals surface area contributed by atoms with Gasteiger partial charge in [0.05, 0.1) is 12.1 Å². The molecule has 0 radical (unpaired) electrons. The Morgan fingerprint density at radius 3 is 3.18 bits per heavy atom. The van der Waals surface area contributed by atoms with E-state index in [1.54, 1.807) is 6.20 Å². The fraction of sp³-hybridized carbons (Fsp3) is 0.583. The molecule has 5 nitrogen and oxygen atoms in total. The summed E-state index contributed by atoms with van der Waals surface area (Å²) < 4.78 is 0. The molecular weight excluding hydrogens is 218 g/mol. The summed E-state index contributed by atoms with van der Waals surface area (Å²) in [6.45, 7) is 3.55. The van der Waals surface area contributed by atoms with Crippen molar-refractivity contribution in [2.75, 3.05) is 6.54 Å². The second-order valence-electron chi connectivity index (χ2n) is 4.46. The van der Waals surface area contributed by atoms with Gasteiger partial charge in [-0.3, -0.25) is 9.69 Å². The van der Waals surface area contributed by atoms with Gasteiger partial charge in [-0.25, -0.2) is 9.97 Å². The van der Waals surface area contributed by atoms with Crippen molar-refractivity contribution < 1.29 is 9.90 Å². The summed E-state index contributed by atoms with van der Waals surface area (Å²) in [6.07, 6.45) is 4.02. The van der Waals surface area contributed by atoms with Crippen molar-refractivity contribution in [3.8, 4) is 0 Å². The van der Waals surface area contributed by atoms with E-state index in [-0.39, 0.29) is 12.5 Å². The summed E-state index contributed by atoms with van der Waals surface area (Å²) in [4.78, 5) is 21.4. The molecule has 1 aliphatic rings. The van der Waals surface area contributed by atoms with Crippen LogP contribution in [0.3, 0.4) is 0 Å². The molecule has 1 saturated heterocycles. The Morgan fingerprint density at radius 2 is 2.47 bits per heavy atom. The van der Waals surface area contributed by atoms with E-state index in [4.69, 9.17) is 5.11 Å². The molecule has 2 heterocycles. The Morgan fingerprint density at radius 1 is 1.65 bits per heavy atom. The smallest absolute Gasteiger partial charge is 0.304 e. The first-order valence-electron chi connectivity index (χ1n) is 5.89. The van der Waals surface area contributed by atoms with Gasteiger partial charge in [0.2, 0.25) is 0 Å². The van der Waals surface area contributed by atoms with Crippen molar-refractivity contribution in [3.05, 3.63) is 23.8 Å². The molecule has 2 rings (SSSR count). The lowest BCUT2D eigenvalue weighted by molar-refractivity contribution is -0.138. The van der Waals surface area contributed by atoms with Gasteiger partial charge in [0.25, 0.3) is 0 Å². The average molecular weight is 235 g/mol. The van der Waals surface area contributed by atoms with Crippen LogP contribution in [0.2, 0.25) is 0 Å². The topological polar surface area (TPSA) is 66.3 Å². The Labute approximate surface area is 100 Å². The van der Waals surface area contributed by atoms with Gasteiger partial charge in [-0.1, -0.05) is 0 Å². The minimum atomic E-state index is -0.722. The third kappa shape index (κ3) is 3.23. The maximum atomic E-state index is 10.8. The van der Waals surface area contributed by atoms with Gasteiger partial charge in [-0.05, 0) is 32.4 Å². The molecule has 0 aromatic carbocycles. The minimum absolute atomic E-state index is 0.155. The number of aromatic nitrogens is 2. The van der Waals surface area contributed by atoms with Gasteiger partial charge >= 0.3 is 5.97 Å². The van der Waals surface area contributed by atoms with Crippen LogP contribution in [-0.2, 0) is 11.3 Å². The number of rotatable bonds is 4. The number of hydrogen-bond donors (Lipinski definition) is 1. The summed E-state index contributed by atoms with van der Waals surface area (Å²) in [5, 5.41) is 8.85. The third-order valence-corrected chi connectivity index (χ3v) is 3.11. The molecule has 1 aliphatic heterocycles. The molecule has 1 N–H and O–H groups in total. The highest BCUT2D eigenvalue weighted by molar-refractivity contribution is 5.67. The van der Waals surface area contributed by atoms with E-state index in [0.29, 0.717) is 0 Å². The van der Waals surface area contributed by atoms with Crippen molar-refractivity contribution >= 4 is 5.97 Å². The van der Waals surface area contributed by atoms with E-state index < -0.39 is 5.97 Å². The zero-order chi connectivity index (χ0) is 12.3. The fourth-order valence-electron chi connectivity index (χ4n) is 2.34. The van der Waals surface area contributed by atoms with E-state index in [2.05, 4.69) is 14.9 Å². The number of carboxylic acid groups (broad SMARTS) is 1. The highest BCUT2D eigenvalue weighted by Gasteiger charge is 2.26. The molecule has 17 heavy (non-hydrogen) atoms. The van der Waals surface area contributed by atoms with Crippen LogP contribution in [0.15, 0.2) is 12.3 Å². The van der Waals surface area contributed by atoms with Gasteiger partial charge in [-0.2, -0.15) is 0 Å². The lowest BCUT2D eigenvalue weighted by atomic mass is 10.1. The Hall–Kier alpha value is -1.49. The van der Waals surface area contributed by atoms with E-state index in [0.717, 1.165) is 37.4 Å². The molecule has 0 saturated carbocycles. The molecule has 5 heteroatoms. The van der Waals surface area contributed by atoms with Crippen molar-refractivity contribution in [3.63, 3.8) is 0 Å². The second-order valence-corrected chi connectivity index (χ2v) is 4.46. The molecule has 1 aromatic heterocycles. The van der Waals surface area contributed by atoms with Gasteiger partial charge < -0.3 is 5.11 Å². The molecule has 1 atom stereocenters. The molecule has 1 aromatic rings. The average Bonchev–Trinajstić information content (AvgIpc) is 2.65. The third-order valence-electron chi connectivity index (χ3n) is 3.11. The van der Waals surface area contributed by atoms with Crippen LogP contribution in [0, 0.1) is 6.92 Å². The molecule has 1 unspecified atom stereocenters. The standard InChI is InChI=1S/C12H17N3O2/c1-9-13-5-4-10(14-9)8-15-6-2-3-11(15)7-12(16)17/h4-5,11H,2-3,6-8H2,1H3,(H,16,17). The van der Waals surface area contributed by atoms with Gasteiger partial charge in [0, 0.05) is 18.8 Å². The summed E-state index contributed by atoms with van der Waals surface area (Å²) in [6, 6.07) is 2.05. The normalized spacial score (nSPS) is 20.6. The molecule has 0 bridgehead atoms. The Bertz CT molecular complexity index is 408. The first-order valence-corrected chi connectivity index (χ1v) is 5.89. The predicted molar refractivity (Wildman–Crippen MR) is 62.5 cm³/mol. The highest BCUT2D eigenvalue weighted by Crippen LogP contribution is 2.21. The molecule has 1 fully saturated rings. The molecule has 0 amide bonds.